The van der Waals surface area contributed by atoms with E-state index < -0.39 is 17.5 Å². The van der Waals surface area contributed by atoms with Crippen LogP contribution in [0.2, 0.25) is 0 Å². The van der Waals surface area contributed by atoms with Gasteiger partial charge in [-0.25, -0.2) is 0 Å². The molecule has 0 bridgehead atoms. The van der Waals surface area contributed by atoms with Gasteiger partial charge in [0, 0.05) is 0 Å². The largest absolute Gasteiger partial charge is 0.508 e. The lowest BCUT2D eigenvalue weighted by Gasteiger charge is -2.16. The summed E-state index contributed by atoms with van der Waals surface area (Å²) in [7, 11) is 0. The second kappa shape index (κ2) is 7.38. The minimum atomic E-state index is -4.56. The van der Waals surface area contributed by atoms with Crippen molar-refractivity contribution in [2.24, 2.45) is 5.73 Å². The van der Waals surface area contributed by atoms with E-state index in [9.17, 15) is 18.3 Å². The Hall–Kier alpha value is -1.43. The highest BCUT2D eigenvalue weighted by Crippen LogP contribution is 2.40. The molecule has 3 N–H and O–H groups in total. The molecule has 6 heteroatoms. The monoisotopic (exact) mass is 291 g/mol. The number of alkyl halides is 3. The van der Waals surface area contributed by atoms with Gasteiger partial charge in [0.05, 0.1) is 6.61 Å². The smallest absolute Gasteiger partial charge is 0.420 e. The molecule has 0 aliphatic rings. The zero-order chi connectivity index (χ0) is 15.2. The van der Waals surface area contributed by atoms with E-state index in [-0.39, 0.29) is 18.9 Å². The topological polar surface area (TPSA) is 55.5 Å². The van der Waals surface area contributed by atoms with Crippen LogP contribution in [0.1, 0.15) is 37.3 Å². The minimum Gasteiger partial charge on any atom is -0.508 e. The van der Waals surface area contributed by atoms with E-state index in [1.165, 1.54) is 6.07 Å². The van der Waals surface area contributed by atoms with Gasteiger partial charge in [-0.15, -0.1) is 0 Å². The average molecular weight is 291 g/mol. The van der Waals surface area contributed by atoms with Gasteiger partial charge in [0.25, 0.3) is 0 Å². The first-order valence-electron chi connectivity index (χ1n) is 6.66. The average Bonchev–Trinajstić information content (AvgIpc) is 2.37. The first-order chi connectivity index (χ1) is 9.40. The molecule has 0 amide bonds. The molecule has 0 saturated heterocycles. The number of phenols is 1. The van der Waals surface area contributed by atoms with Gasteiger partial charge in [-0.2, -0.15) is 13.2 Å². The summed E-state index contributed by atoms with van der Waals surface area (Å²) in [4.78, 5) is 0. The van der Waals surface area contributed by atoms with E-state index in [1.807, 2.05) is 6.92 Å². The second-order valence-corrected chi connectivity index (χ2v) is 4.57. The van der Waals surface area contributed by atoms with Gasteiger partial charge in [-0.05, 0) is 37.1 Å². The summed E-state index contributed by atoms with van der Waals surface area (Å²) in [6.45, 7) is 2.47. The van der Waals surface area contributed by atoms with E-state index >= 15 is 0 Å². The predicted octanol–water partition coefficient (Wildman–Crippen LogP) is 3.48. The van der Waals surface area contributed by atoms with E-state index in [1.54, 1.807) is 0 Å². The lowest BCUT2D eigenvalue weighted by Crippen LogP contribution is -2.11. The summed E-state index contributed by atoms with van der Waals surface area (Å²) in [6, 6.07) is 1.94. The number of benzene rings is 1. The van der Waals surface area contributed by atoms with Gasteiger partial charge in [-0.1, -0.05) is 19.8 Å². The Balaban J connectivity index is 2.99. The normalized spacial score (nSPS) is 11.7. The Morgan fingerprint density at radius 2 is 1.95 bits per heavy atom. The number of unbranched alkanes of at least 4 members (excludes halogenated alkanes) is 2. The van der Waals surface area contributed by atoms with Crippen molar-refractivity contribution in [3.63, 3.8) is 0 Å². The third-order valence-electron chi connectivity index (χ3n) is 2.91. The molecule has 0 aliphatic heterocycles. The molecule has 0 fully saturated rings. The number of hydrogen-bond acceptors (Lipinski definition) is 3. The van der Waals surface area contributed by atoms with Crippen molar-refractivity contribution in [1.82, 2.24) is 0 Å². The molecular formula is C14H20F3NO2. The van der Waals surface area contributed by atoms with Crippen LogP contribution in [0.25, 0.3) is 0 Å². The van der Waals surface area contributed by atoms with E-state index in [2.05, 4.69) is 0 Å². The fraction of sp³-hybridized carbons (Fsp3) is 0.571. The highest BCUT2D eigenvalue weighted by atomic mass is 19.4. The van der Waals surface area contributed by atoms with Crippen molar-refractivity contribution in [1.29, 1.82) is 0 Å². The first-order valence-corrected chi connectivity index (χ1v) is 6.66. The standard InChI is InChI=1S/C14H20F3NO2/c1-2-3-4-7-20-13-8-10(5-6-18)12(19)9-11(13)14(15,16)17/h8-9,19H,2-7,18H2,1H3. The van der Waals surface area contributed by atoms with Crippen molar-refractivity contribution < 1.29 is 23.0 Å². The maximum absolute atomic E-state index is 12.9. The Morgan fingerprint density at radius 1 is 1.25 bits per heavy atom. The molecule has 0 atom stereocenters. The fourth-order valence-electron chi connectivity index (χ4n) is 1.84. The van der Waals surface area contributed by atoms with Crippen LogP contribution >= 0.6 is 0 Å². The zero-order valence-corrected chi connectivity index (χ0v) is 11.5. The van der Waals surface area contributed by atoms with Crippen LogP contribution in [0, 0.1) is 0 Å². The SMILES string of the molecule is CCCCCOc1cc(CCN)c(O)cc1C(F)(F)F. The van der Waals surface area contributed by atoms with Crippen LogP contribution in [-0.2, 0) is 12.6 Å². The molecule has 0 heterocycles. The van der Waals surface area contributed by atoms with Crippen LogP contribution in [0.4, 0.5) is 13.2 Å². The van der Waals surface area contributed by atoms with Gasteiger partial charge in [0.2, 0.25) is 0 Å². The van der Waals surface area contributed by atoms with Crippen LogP contribution in [0.15, 0.2) is 12.1 Å². The van der Waals surface area contributed by atoms with E-state index in [4.69, 9.17) is 10.5 Å². The number of rotatable bonds is 7. The van der Waals surface area contributed by atoms with Gasteiger partial charge in [-0.3, -0.25) is 0 Å². The first kappa shape index (κ1) is 16.6. The lowest BCUT2D eigenvalue weighted by atomic mass is 10.1. The summed E-state index contributed by atoms with van der Waals surface area (Å²) < 4.78 is 44.0. The van der Waals surface area contributed by atoms with Crippen LogP contribution in [0.3, 0.4) is 0 Å². The molecule has 1 aromatic rings. The summed E-state index contributed by atoms with van der Waals surface area (Å²) >= 11 is 0. The number of nitrogens with two attached hydrogens (primary N) is 1. The van der Waals surface area contributed by atoms with E-state index in [0.717, 1.165) is 12.8 Å². The minimum absolute atomic E-state index is 0.226. The molecule has 0 radical (unpaired) electrons. The Labute approximate surface area is 116 Å². The molecular weight excluding hydrogens is 271 g/mol. The zero-order valence-electron chi connectivity index (χ0n) is 11.5. The Kier molecular flexibility index (Phi) is 6.13. The van der Waals surface area contributed by atoms with Gasteiger partial charge in [0.1, 0.15) is 17.1 Å². The van der Waals surface area contributed by atoms with Crippen molar-refractivity contribution in [2.45, 2.75) is 38.8 Å². The molecule has 114 valence electrons. The maximum atomic E-state index is 12.9. The fourth-order valence-corrected chi connectivity index (χ4v) is 1.84. The quantitative estimate of drug-likeness (QED) is 0.756. The van der Waals surface area contributed by atoms with E-state index in [0.29, 0.717) is 24.5 Å². The third-order valence-corrected chi connectivity index (χ3v) is 2.91. The van der Waals surface area contributed by atoms with Crippen LogP contribution in [0.5, 0.6) is 11.5 Å². The van der Waals surface area contributed by atoms with Gasteiger partial charge < -0.3 is 15.6 Å². The molecule has 0 spiro atoms. The molecule has 3 nitrogen and oxygen atoms in total. The molecule has 0 unspecified atom stereocenters. The molecule has 0 aliphatic carbocycles. The summed E-state index contributed by atoms with van der Waals surface area (Å²) in [5.41, 5.74) is 4.78. The number of hydrogen-bond donors (Lipinski definition) is 2. The van der Waals surface area contributed by atoms with Crippen molar-refractivity contribution >= 4 is 0 Å². The van der Waals surface area contributed by atoms with Crippen molar-refractivity contribution in [2.75, 3.05) is 13.2 Å². The van der Waals surface area contributed by atoms with Gasteiger partial charge >= 0.3 is 6.18 Å². The maximum Gasteiger partial charge on any atom is 0.420 e. The number of aromatic hydroxyl groups is 1. The summed E-state index contributed by atoms with van der Waals surface area (Å²) in [5, 5.41) is 9.61. The van der Waals surface area contributed by atoms with Crippen molar-refractivity contribution in [3.05, 3.63) is 23.3 Å². The Morgan fingerprint density at radius 3 is 2.50 bits per heavy atom. The predicted molar refractivity (Wildman–Crippen MR) is 70.9 cm³/mol. The van der Waals surface area contributed by atoms with Gasteiger partial charge in [0.15, 0.2) is 0 Å². The highest BCUT2D eigenvalue weighted by Gasteiger charge is 2.35. The van der Waals surface area contributed by atoms with Crippen molar-refractivity contribution in [3.8, 4) is 11.5 Å². The van der Waals surface area contributed by atoms with Crippen LogP contribution < -0.4 is 10.5 Å². The number of ether oxygens (including phenoxy) is 1. The second-order valence-electron chi connectivity index (χ2n) is 4.57. The van der Waals surface area contributed by atoms with Crippen LogP contribution in [-0.4, -0.2) is 18.3 Å². The molecule has 20 heavy (non-hydrogen) atoms. The molecule has 1 rings (SSSR count). The molecule has 0 saturated carbocycles. The third kappa shape index (κ3) is 4.59. The number of phenolic OH excluding ortho intramolecular Hbond substituents is 1. The number of halogens is 3. The Bertz CT molecular complexity index is 433. The lowest BCUT2D eigenvalue weighted by molar-refractivity contribution is -0.139. The molecule has 1 aromatic carbocycles. The summed E-state index contributed by atoms with van der Waals surface area (Å²) in [5.74, 6) is -0.640. The molecule has 0 aromatic heterocycles. The highest BCUT2D eigenvalue weighted by molar-refractivity contribution is 5.47. The summed E-state index contributed by atoms with van der Waals surface area (Å²) in [6.07, 6.45) is -1.70.